The topological polar surface area (TPSA) is 74.7 Å². The van der Waals surface area contributed by atoms with E-state index >= 15 is 0 Å². The lowest BCUT2D eigenvalue weighted by Crippen LogP contribution is -1.98. The summed E-state index contributed by atoms with van der Waals surface area (Å²) in [5, 5.41) is 4.06. The molecule has 7 heteroatoms. The van der Waals surface area contributed by atoms with Crippen molar-refractivity contribution < 1.29 is 9.47 Å². The summed E-state index contributed by atoms with van der Waals surface area (Å²) in [6, 6.07) is 7.71. The highest BCUT2D eigenvalue weighted by molar-refractivity contribution is 7.08. The number of ether oxygens (including phenoxy) is 2. The van der Waals surface area contributed by atoms with Crippen LogP contribution in [0.15, 0.2) is 47.4 Å². The van der Waals surface area contributed by atoms with E-state index in [1.54, 1.807) is 25.6 Å². The normalized spacial score (nSPS) is 11.0. The average Bonchev–Trinajstić information content (AvgIpc) is 3.30. The lowest BCUT2D eigenvalue weighted by atomic mass is 10.1. The number of nitrogens with zero attached hydrogens (tertiary/aromatic N) is 3. The number of benzene rings is 1. The van der Waals surface area contributed by atoms with Gasteiger partial charge in [0.2, 0.25) is 0 Å². The van der Waals surface area contributed by atoms with E-state index in [1.807, 2.05) is 51.8 Å². The number of hydrogen-bond acceptors (Lipinski definition) is 6. The zero-order valence-corrected chi connectivity index (χ0v) is 14.6. The van der Waals surface area contributed by atoms with Gasteiger partial charge in [-0.2, -0.15) is 11.3 Å². The van der Waals surface area contributed by atoms with Crippen LogP contribution in [0.5, 0.6) is 11.5 Å². The van der Waals surface area contributed by atoms with Crippen LogP contribution in [0.25, 0.3) is 28.2 Å². The molecule has 0 aliphatic carbocycles. The molecular formula is C18H16N4O2S. The van der Waals surface area contributed by atoms with Crippen LogP contribution in [-0.4, -0.2) is 28.6 Å². The smallest absolute Gasteiger partial charge is 0.180 e. The molecule has 4 rings (SSSR count). The maximum atomic E-state index is 6.12. The summed E-state index contributed by atoms with van der Waals surface area (Å²) in [5.41, 5.74) is 10.3. The van der Waals surface area contributed by atoms with Crippen LogP contribution in [0, 0.1) is 0 Å². The largest absolute Gasteiger partial charge is 0.493 e. The number of methoxy groups -OCH3 is 2. The quantitative estimate of drug-likeness (QED) is 0.606. The molecule has 0 radical (unpaired) electrons. The first kappa shape index (κ1) is 15.5. The van der Waals surface area contributed by atoms with E-state index in [0.29, 0.717) is 23.0 Å². The number of fused-ring (bicyclic) bond motifs is 1. The SMILES string of the molecule is COc1ccc(-c2cn3cc(-c4ccsc4)nc(N)c3n2)cc1OC. The first-order valence-electron chi connectivity index (χ1n) is 7.60. The summed E-state index contributed by atoms with van der Waals surface area (Å²) in [6.45, 7) is 0. The molecule has 0 saturated carbocycles. The van der Waals surface area contributed by atoms with E-state index < -0.39 is 0 Å². The van der Waals surface area contributed by atoms with Gasteiger partial charge in [-0.15, -0.1) is 0 Å². The highest BCUT2D eigenvalue weighted by Gasteiger charge is 2.13. The monoisotopic (exact) mass is 352 g/mol. The maximum Gasteiger partial charge on any atom is 0.180 e. The highest BCUT2D eigenvalue weighted by Crippen LogP contribution is 2.32. The van der Waals surface area contributed by atoms with Gasteiger partial charge in [0.05, 0.1) is 25.6 Å². The third-order valence-corrected chi connectivity index (χ3v) is 4.64. The van der Waals surface area contributed by atoms with E-state index in [4.69, 9.17) is 15.2 Å². The molecule has 126 valence electrons. The Kier molecular flexibility index (Phi) is 3.77. The number of aromatic nitrogens is 3. The molecule has 0 bridgehead atoms. The van der Waals surface area contributed by atoms with Crippen molar-refractivity contribution in [3.8, 4) is 34.0 Å². The van der Waals surface area contributed by atoms with Crippen LogP contribution in [0.3, 0.4) is 0 Å². The van der Waals surface area contributed by atoms with Crippen molar-refractivity contribution in [3.63, 3.8) is 0 Å². The second kappa shape index (κ2) is 6.10. The molecule has 3 heterocycles. The van der Waals surface area contributed by atoms with E-state index in [-0.39, 0.29) is 0 Å². The predicted octanol–water partition coefficient (Wildman–Crippen LogP) is 3.72. The predicted molar refractivity (Wildman–Crippen MR) is 99.3 cm³/mol. The lowest BCUT2D eigenvalue weighted by Gasteiger charge is -2.08. The molecule has 2 N–H and O–H groups in total. The fraction of sp³-hybridized carbons (Fsp3) is 0.111. The van der Waals surface area contributed by atoms with Crippen LogP contribution >= 0.6 is 11.3 Å². The summed E-state index contributed by atoms with van der Waals surface area (Å²) in [4.78, 5) is 9.09. The summed E-state index contributed by atoms with van der Waals surface area (Å²) in [6.07, 6.45) is 3.87. The molecule has 0 spiro atoms. The molecule has 0 saturated heterocycles. The zero-order chi connectivity index (χ0) is 17.4. The van der Waals surface area contributed by atoms with Gasteiger partial charge in [0, 0.05) is 28.9 Å². The summed E-state index contributed by atoms with van der Waals surface area (Å²) in [5.74, 6) is 1.73. The van der Waals surface area contributed by atoms with E-state index in [1.165, 1.54) is 0 Å². The minimum atomic E-state index is 0.399. The molecule has 25 heavy (non-hydrogen) atoms. The second-order valence-corrected chi connectivity index (χ2v) is 6.23. The average molecular weight is 352 g/mol. The Balaban J connectivity index is 1.83. The Bertz CT molecular complexity index is 1040. The fourth-order valence-corrected chi connectivity index (χ4v) is 3.36. The van der Waals surface area contributed by atoms with Crippen molar-refractivity contribution in [3.05, 3.63) is 47.4 Å². The van der Waals surface area contributed by atoms with Crippen LogP contribution in [0.1, 0.15) is 0 Å². The van der Waals surface area contributed by atoms with Crippen molar-refractivity contribution in [2.75, 3.05) is 20.0 Å². The van der Waals surface area contributed by atoms with Gasteiger partial charge < -0.3 is 19.6 Å². The molecule has 0 amide bonds. The third-order valence-electron chi connectivity index (χ3n) is 3.96. The van der Waals surface area contributed by atoms with Crippen LogP contribution in [0.4, 0.5) is 5.82 Å². The summed E-state index contributed by atoms with van der Waals surface area (Å²) >= 11 is 1.62. The summed E-state index contributed by atoms with van der Waals surface area (Å²) in [7, 11) is 3.22. The first-order valence-corrected chi connectivity index (χ1v) is 8.54. The molecule has 0 aliphatic heterocycles. The van der Waals surface area contributed by atoms with Gasteiger partial charge >= 0.3 is 0 Å². The highest BCUT2D eigenvalue weighted by atomic mass is 32.1. The van der Waals surface area contributed by atoms with Crippen LogP contribution < -0.4 is 15.2 Å². The number of thiophene rings is 1. The molecule has 0 aliphatic rings. The van der Waals surface area contributed by atoms with Crippen molar-refractivity contribution in [1.82, 2.24) is 14.4 Å². The Morgan fingerprint density at radius 2 is 1.72 bits per heavy atom. The minimum Gasteiger partial charge on any atom is -0.493 e. The number of anilines is 1. The van der Waals surface area contributed by atoms with Crippen molar-refractivity contribution in [2.45, 2.75) is 0 Å². The third kappa shape index (κ3) is 2.68. The minimum absolute atomic E-state index is 0.399. The number of nitrogen functional groups attached to an aromatic ring is 1. The van der Waals surface area contributed by atoms with Crippen molar-refractivity contribution >= 4 is 22.8 Å². The van der Waals surface area contributed by atoms with Gasteiger partial charge in [-0.25, -0.2) is 9.97 Å². The van der Waals surface area contributed by atoms with Gasteiger partial charge in [-0.05, 0) is 29.6 Å². The van der Waals surface area contributed by atoms with Gasteiger partial charge in [0.1, 0.15) is 0 Å². The van der Waals surface area contributed by atoms with Gasteiger partial charge in [-0.1, -0.05) is 0 Å². The van der Waals surface area contributed by atoms with E-state index in [0.717, 1.165) is 22.5 Å². The standard InChI is InChI=1S/C18H16N4O2S/c1-23-15-4-3-11(7-16(15)24-2)13-8-22-9-14(12-5-6-25-10-12)20-17(19)18(22)21-13/h3-10H,1-2H3,(H2,19,20). The number of rotatable bonds is 4. The molecule has 0 fully saturated rings. The maximum absolute atomic E-state index is 6.12. The Labute approximate surface area is 148 Å². The molecule has 0 unspecified atom stereocenters. The number of imidazole rings is 1. The Morgan fingerprint density at radius 3 is 2.40 bits per heavy atom. The van der Waals surface area contributed by atoms with Crippen LogP contribution in [-0.2, 0) is 0 Å². The Morgan fingerprint density at radius 1 is 0.960 bits per heavy atom. The number of nitrogens with two attached hydrogens (primary N) is 1. The molecule has 4 aromatic rings. The number of hydrogen-bond donors (Lipinski definition) is 1. The summed E-state index contributed by atoms with van der Waals surface area (Å²) < 4.78 is 12.6. The molecule has 1 aromatic carbocycles. The fourth-order valence-electron chi connectivity index (χ4n) is 2.71. The van der Waals surface area contributed by atoms with Gasteiger partial charge in [0.25, 0.3) is 0 Å². The molecular weight excluding hydrogens is 336 g/mol. The van der Waals surface area contributed by atoms with E-state index in [9.17, 15) is 0 Å². The zero-order valence-electron chi connectivity index (χ0n) is 13.8. The second-order valence-electron chi connectivity index (χ2n) is 5.45. The Hall–Kier alpha value is -3.06. The van der Waals surface area contributed by atoms with Crippen molar-refractivity contribution in [1.29, 1.82) is 0 Å². The first-order chi connectivity index (χ1) is 12.2. The van der Waals surface area contributed by atoms with E-state index in [2.05, 4.69) is 9.97 Å². The molecule has 6 nitrogen and oxygen atoms in total. The van der Waals surface area contributed by atoms with Gasteiger partial charge in [0.15, 0.2) is 23.0 Å². The van der Waals surface area contributed by atoms with Crippen LogP contribution in [0.2, 0.25) is 0 Å². The molecule has 0 atom stereocenters. The van der Waals surface area contributed by atoms with Crippen molar-refractivity contribution in [2.24, 2.45) is 0 Å². The van der Waals surface area contributed by atoms with Gasteiger partial charge in [-0.3, -0.25) is 0 Å². The molecule has 3 aromatic heterocycles. The lowest BCUT2D eigenvalue weighted by molar-refractivity contribution is 0.355.